The van der Waals surface area contributed by atoms with Gasteiger partial charge in [0.15, 0.2) is 0 Å². The quantitative estimate of drug-likeness (QED) is 0.813. The first-order valence-electron chi connectivity index (χ1n) is 5.84. The molecular weight excluding hydrogens is 248 g/mol. The molecule has 1 heterocycles. The summed E-state index contributed by atoms with van der Waals surface area (Å²) >= 11 is 6.05. The van der Waals surface area contributed by atoms with Crippen molar-refractivity contribution < 1.29 is 4.74 Å². The van der Waals surface area contributed by atoms with Crippen LogP contribution in [0.25, 0.3) is 0 Å². The molecule has 18 heavy (non-hydrogen) atoms. The molecule has 0 radical (unpaired) electrons. The summed E-state index contributed by atoms with van der Waals surface area (Å²) in [6.07, 6.45) is 1.71. The van der Waals surface area contributed by atoms with Gasteiger partial charge in [0.05, 0.1) is 0 Å². The number of halogens is 1. The van der Waals surface area contributed by atoms with E-state index >= 15 is 0 Å². The Balaban J connectivity index is 1.66. The van der Waals surface area contributed by atoms with Crippen molar-refractivity contribution in [3.8, 4) is 5.88 Å². The van der Waals surface area contributed by atoms with Crippen LogP contribution in [0.1, 0.15) is 5.56 Å². The van der Waals surface area contributed by atoms with Gasteiger partial charge in [-0.3, -0.25) is 0 Å². The highest BCUT2D eigenvalue weighted by atomic mass is 35.5. The van der Waals surface area contributed by atoms with Crippen LogP contribution in [-0.4, -0.2) is 18.1 Å². The topological polar surface area (TPSA) is 34.1 Å². The molecule has 4 heteroatoms. The second-order valence-electron chi connectivity index (χ2n) is 3.78. The van der Waals surface area contributed by atoms with Crippen LogP contribution >= 0.6 is 11.6 Å². The van der Waals surface area contributed by atoms with Crippen molar-refractivity contribution in [2.24, 2.45) is 0 Å². The maximum atomic E-state index is 6.05. The van der Waals surface area contributed by atoms with Crippen LogP contribution < -0.4 is 10.1 Å². The van der Waals surface area contributed by atoms with Crippen molar-refractivity contribution in [1.29, 1.82) is 0 Å². The third-order valence-corrected chi connectivity index (χ3v) is 2.81. The molecule has 0 aliphatic heterocycles. The minimum atomic E-state index is 0.585. The second kappa shape index (κ2) is 6.99. The number of nitrogens with one attached hydrogen (secondary N) is 1. The van der Waals surface area contributed by atoms with E-state index in [0.29, 0.717) is 12.5 Å². The summed E-state index contributed by atoms with van der Waals surface area (Å²) in [5, 5.41) is 4.06. The van der Waals surface area contributed by atoms with Gasteiger partial charge >= 0.3 is 0 Å². The molecule has 2 rings (SSSR count). The maximum absolute atomic E-state index is 6.05. The zero-order chi connectivity index (χ0) is 12.6. The molecule has 0 saturated heterocycles. The van der Waals surface area contributed by atoms with Gasteiger partial charge in [-0.25, -0.2) is 4.98 Å². The lowest BCUT2D eigenvalue weighted by atomic mass is 10.2. The Morgan fingerprint density at radius 3 is 2.72 bits per heavy atom. The maximum Gasteiger partial charge on any atom is 0.213 e. The average molecular weight is 263 g/mol. The number of hydrogen-bond donors (Lipinski definition) is 1. The fourth-order valence-electron chi connectivity index (χ4n) is 1.53. The van der Waals surface area contributed by atoms with Crippen molar-refractivity contribution in [1.82, 2.24) is 10.3 Å². The molecule has 0 aliphatic carbocycles. The fourth-order valence-corrected chi connectivity index (χ4v) is 1.73. The Morgan fingerprint density at radius 1 is 1.11 bits per heavy atom. The Labute approximate surface area is 112 Å². The lowest BCUT2D eigenvalue weighted by molar-refractivity contribution is 0.302. The molecule has 0 atom stereocenters. The van der Waals surface area contributed by atoms with Crippen molar-refractivity contribution in [2.45, 2.75) is 6.54 Å². The standard InChI is InChI=1S/C14H15ClN2O/c15-13-6-2-1-5-12(13)11-16-9-10-18-14-7-3-4-8-17-14/h1-8,16H,9-11H2. The van der Waals surface area contributed by atoms with E-state index in [1.54, 1.807) is 6.20 Å². The van der Waals surface area contributed by atoms with Crippen molar-refractivity contribution in [3.63, 3.8) is 0 Å². The summed E-state index contributed by atoms with van der Waals surface area (Å²) in [7, 11) is 0. The summed E-state index contributed by atoms with van der Waals surface area (Å²) in [4.78, 5) is 4.08. The number of nitrogens with zero attached hydrogens (tertiary/aromatic N) is 1. The van der Waals surface area contributed by atoms with Crippen molar-refractivity contribution in [2.75, 3.05) is 13.2 Å². The molecule has 1 aromatic heterocycles. The van der Waals surface area contributed by atoms with E-state index < -0.39 is 0 Å². The molecule has 3 nitrogen and oxygen atoms in total. The van der Waals surface area contributed by atoms with Crippen LogP contribution in [0.15, 0.2) is 48.7 Å². The van der Waals surface area contributed by atoms with Crippen LogP contribution in [0.3, 0.4) is 0 Å². The average Bonchev–Trinajstić information content (AvgIpc) is 2.42. The first-order chi connectivity index (χ1) is 8.86. The molecule has 0 amide bonds. The summed E-state index contributed by atoms with van der Waals surface area (Å²) < 4.78 is 5.47. The number of rotatable bonds is 6. The van der Waals surface area contributed by atoms with Crippen molar-refractivity contribution in [3.05, 3.63) is 59.2 Å². The van der Waals surface area contributed by atoms with Gasteiger partial charge in [-0.1, -0.05) is 35.9 Å². The first-order valence-corrected chi connectivity index (χ1v) is 6.22. The van der Waals surface area contributed by atoms with E-state index in [-0.39, 0.29) is 0 Å². The Bertz CT molecular complexity index is 476. The molecule has 2 aromatic rings. The third kappa shape index (κ3) is 4.02. The molecular formula is C14H15ClN2O. The molecule has 0 saturated carbocycles. The molecule has 0 spiro atoms. The normalized spacial score (nSPS) is 10.3. The molecule has 0 bridgehead atoms. The van der Waals surface area contributed by atoms with Crippen molar-refractivity contribution >= 4 is 11.6 Å². The van der Waals surface area contributed by atoms with Gasteiger partial charge in [-0.15, -0.1) is 0 Å². The lowest BCUT2D eigenvalue weighted by Gasteiger charge is -2.07. The van der Waals surface area contributed by atoms with Crippen LogP contribution in [0.5, 0.6) is 5.88 Å². The highest BCUT2D eigenvalue weighted by molar-refractivity contribution is 6.31. The molecule has 1 aromatic carbocycles. The van der Waals surface area contributed by atoms with Crippen LogP contribution in [0, 0.1) is 0 Å². The Morgan fingerprint density at radius 2 is 1.94 bits per heavy atom. The first kappa shape index (κ1) is 12.9. The van der Waals surface area contributed by atoms with E-state index in [4.69, 9.17) is 16.3 Å². The van der Waals surface area contributed by atoms with E-state index in [0.717, 1.165) is 23.7 Å². The van der Waals surface area contributed by atoms with Crippen LogP contribution in [0.2, 0.25) is 5.02 Å². The SMILES string of the molecule is Clc1ccccc1CNCCOc1ccccn1. The second-order valence-corrected chi connectivity index (χ2v) is 4.19. The fraction of sp³-hybridized carbons (Fsp3) is 0.214. The third-order valence-electron chi connectivity index (χ3n) is 2.44. The molecule has 0 aliphatic rings. The zero-order valence-electron chi connectivity index (χ0n) is 9.97. The van der Waals surface area contributed by atoms with Gasteiger partial charge < -0.3 is 10.1 Å². The summed E-state index contributed by atoms with van der Waals surface area (Å²) in [5.41, 5.74) is 1.09. The number of benzene rings is 1. The van der Waals surface area contributed by atoms with E-state index in [1.807, 2.05) is 42.5 Å². The van der Waals surface area contributed by atoms with E-state index in [1.165, 1.54) is 0 Å². The molecule has 0 fully saturated rings. The highest BCUT2D eigenvalue weighted by Gasteiger charge is 1.98. The van der Waals surface area contributed by atoms with Crippen LogP contribution in [-0.2, 0) is 6.54 Å². The predicted octanol–water partition coefficient (Wildman–Crippen LogP) is 2.90. The van der Waals surface area contributed by atoms with Gasteiger partial charge in [-0.05, 0) is 17.7 Å². The van der Waals surface area contributed by atoms with Gasteiger partial charge in [0, 0.05) is 30.4 Å². The number of hydrogen-bond acceptors (Lipinski definition) is 3. The summed E-state index contributed by atoms with van der Waals surface area (Å²) in [6.45, 7) is 2.08. The predicted molar refractivity (Wildman–Crippen MR) is 72.9 cm³/mol. The summed E-state index contributed by atoms with van der Waals surface area (Å²) in [6, 6.07) is 13.4. The van der Waals surface area contributed by atoms with Gasteiger partial charge in [0.1, 0.15) is 6.61 Å². The largest absolute Gasteiger partial charge is 0.476 e. The highest BCUT2D eigenvalue weighted by Crippen LogP contribution is 2.14. The molecule has 0 unspecified atom stereocenters. The minimum absolute atomic E-state index is 0.585. The molecule has 1 N–H and O–H groups in total. The Hall–Kier alpha value is -1.58. The van der Waals surface area contributed by atoms with Gasteiger partial charge in [0.2, 0.25) is 5.88 Å². The zero-order valence-corrected chi connectivity index (χ0v) is 10.7. The minimum Gasteiger partial charge on any atom is -0.476 e. The Kier molecular flexibility index (Phi) is 5.00. The monoisotopic (exact) mass is 262 g/mol. The smallest absolute Gasteiger partial charge is 0.213 e. The summed E-state index contributed by atoms with van der Waals surface area (Å²) in [5.74, 6) is 0.650. The number of pyridine rings is 1. The van der Waals surface area contributed by atoms with E-state index in [9.17, 15) is 0 Å². The number of ether oxygens (including phenoxy) is 1. The van der Waals surface area contributed by atoms with E-state index in [2.05, 4.69) is 10.3 Å². The number of aromatic nitrogens is 1. The lowest BCUT2D eigenvalue weighted by Crippen LogP contribution is -2.20. The van der Waals surface area contributed by atoms with Crippen LogP contribution in [0.4, 0.5) is 0 Å². The van der Waals surface area contributed by atoms with Gasteiger partial charge in [0.25, 0.3) is 0 Å². The molecule has 94 valence electrons. The van der Waals surface area contributed by atoms with Gasteiger partial charge in [-0.2, -0.15) is 0 Å².